The van der Waals surface area contributed by atoms with Gasteiger partial charge in [0.05, 0.1) is 16.9 Å². The number of carboxylic acids is 1. The number of hydrogen-bond donors (Lipinski definition) is 3. The lowest BCUT2D eigenvalue weighted by Gasteiger charge is -2.02. The van der Waals surface area contributed by atoms with Crippen molar-refractivity contribution in [1.82, 2.24) is 9.78 Å². The van der Waals surface area contributed by atoms with Crippen LogP contribution in [0.2, 0.25) is 0 Å². The summed E-state index contributed by atoms with van der Waals surface area (Å²) < 4.78 is 1.20. The molecule has 8 nitrogen and oxygen atoms in total. The molecule has 3 N–H and O–H groups in total. The van der Waals surface area contributed by atoms with E-state index in [9.17, 15) is 14.7 Å². The lowest BCUT2D eigenvalue weighted by molar-refractivity contribution is 0.0697. The number of aromatic nitrogens is 2. The topological polar surface area (TPSA) is 120 Å². The summed E-state index contributed by atoms with van der Waals surface area (Å²) in [5.74, 6) is -1.09. The van der Waals surface area contributed by atoms with Gasteiger partial charge >= 0.3 is 5.97 Å². The molecule has 1 heterocycles. The van der Waals surface area contributed by atoms with Crippen molar-refractivity contribution in [2.75, 3.05) is 0 Å². The molecule has 0 radical (unpaired) electrons. The molecule has 0 aliphatic carbocycles. The van der Waals surface area contributed by atoms with Gasteiger partial charge in [0.1, 0.15) is 11.4 Å². The second-order valence-electron chi connectivity index (χ2n) is 5.72. The molecule has 0 aliphatic heterocycles. The number of rotatable bonds is 4. The molecule has 0 bridgehead atoms. The number of azo groups is 1. The van der Waals surface area contributed by atoms with Crippen LogP contribution in [0.4, 0.5) is 11.4 Å². The molecule has 3 aromatic rings. The van der Waals surface area contributed by atoms with E-state index in [4.69, 9.17) is 5.11 Å². The van der Waals surface area contributed by atoms with E-state index in [1.54, 1.807) is 44.2 Å². The Balaban J connectivity index is 2.03. The number of aromatic hydroxyl groups is 1. The van der Waals surface area contributed by atoms with Crippen LogP contribution >= 0.6 is 0 Å². The summed E-state index contributed by atoms with van der Waals surface area (Å²) in [6.45, 7) is 3.39. The number of phenols is 1. The number of aromatic amines is 1. The molecule has 1 aromatic heterocycles. The highest BCUT2D eigenvalue weighted by Crippen LogP contribution is 2.30. The molecule has 132 valence electrons. The van der Waals surface area contributed by atoms with E-state index in [2.05, 4.69) is 15.3 Å². The van der Waals surface area contributed by atoms with Crippen LogP contribution in [0, 0.1) is 13.8 Å². The highest BCUT2D eigenvalue weighted by Gasteiger charge is 2.14. The minimum Gasteiger partial charge on any atom is -0.505 e. The Hall–Kier alpha value is -3.68. The van der Waals surface area contributed by atoms with Crippen LogP contribution in [0.5, 0.6) is 5.75 Å². The number of nitrogens with zero attached hydrogens (tertiary/aromatic N) is 3. The Labute approximate surface area is 148 Å². The summed E-state index contributed by atoms with van der Waals surface area (Å²) in [5, 5.41) is 29.8. The number of H-pyrrole nitrogens is 1. The van der Waals surface area contributed by atoms with Crippen LogP contribution in [-0.4, -0.2) is 26.0 Å². The molecule has 0 saturated carbocycles. The van der Waals surface area contributed by atoms with Gasteiger partial charge in [-0.15, -0.1) is 10.2 Å². The second kappa shape index (κ2) is 6.67. The first-order valence-corrected chi connectivity index (χ1v) is 7.74. The third-order valence-electron chi connectivity index (χ3n) is 3.87. The Kier molecular flexibility index (Phi) is 4.40. The lowest BCUT2D eigenvalue weighted by atomic mass is 10.2. The van der Waals surface area contributed by atoms with E-state index < -0.39 is 11.5 Å². The Bertz CT molecular complexity index is 1080. The number of phenolic OH excluding ortho intramolecular Hbond substituents is 1. The number of aromatic carboxylic acids is 1. The zero-order valence-electron chi connectivity index (χ0n) is 14.1. The van der Waals surface area contributed by atoms with E-state index in [1.165, 1.54) is 16.8 Å². The van der Waals surface area contributed by atoms with Crippen molar-refractivity contribution < 1.29 is 15.0 Å². The van der Waals surface area contributed by atoms with Gasteiger partial charge in [-0.3, -0.25) is 9.89 Å². The number of carboxylic acid groups (broad SMARTS) is 1. The monoisotopic (exact) mass is 352 g/mol. The minimum atomic E-state index is -1.09. The zero-order valence-corrected chi connectivity index (χ0v) is 14.1. The van der Waals surface area contributed by atoms with Gasteiger partial charge in [0, 0.05) is 0 Å². The number of para-hydroxylation sites is 1. The first-order chi connectivity index (χ1) is 12.4. The van der Waals surface area contributed by atoms with Gasteiger partial charge in [-0.05, 0) is 43.7 Å². The van der Waals surface area contributed by atoms with Gasteiger partial charge in [0.2, 0.25) is 0 Å². The number of carbonyl (C=O) groups is 1. The Morgan fingerprint density at radius 3 is 2.58 bits per heavy atom. The molecular formula is C18H16N4O4. The molecule has 0 fully saturated rings. The summed E-state index contributed by atoms with van der Waals surface area (Å²) in [5.41, 5.74) is 1.41. The summed E-state index contributed by atoms with van der Waals surface area (Å²) in [7, 11) is 0. The van der Waals surface area contributed by atoms with Crippen molar-refractivity contribution in [3.05, 3.63) is 69.6 Å². The third-order valence-corrected chi connectivity index (χ3v) is 3.87. The maximum absolute atomic E-state index is 12.6. The molecule has 0 aliphatic rings. The van der Waals surface area contributed by atoms with Crippen LogP contribution in [0.3, 0.4) is 0 Å². The molecule has 0 spiro atoms. The average Bonchev–Trinajstić information content (AvgIpc) is 2.90. The molecule has 8 heteroatoms. The average molecular weight is 352 g/mol. The lowest BCUT2D eigenvalue weighted by Crippen LogP contribution is -2.14. The smallest absolute Gasteiger partial charge is 0.335 e. The van der Waals surface area contributed by atoms with Gasteiger partial charge in [-0.2, -0.15) is 0 Å². The van der Waals surface area contributed by atoms with E-state index >= 15 is 0 Å². The van der Waals surface area contributed by atoms with Crippen LogP contribution in [0.25, 0.3) is 5.69 Å². The van der Waals surface area contributed by atoms with Gasteiger partial charge in [0.15, 0.2) is 5.69 Å². The fourth-order valence-corrected chi connectivity index (χ4v) is 2.44. The van der Waals surface area contributed by atoms with Gasteiger partial charge in [0.25, 0.3) is 5.56 Å². The number of aryl methyl sites for hydroxylation is 2. The molecule has 3 rings (SSSR count). The molecule has 0 amide bonds. The van der Waals surface area contributed by atoms with Crippen molar-refractivity contribution in [2.24, 2.45) is 10.2 Å². The minimum absolute atomic E-state index is 0.000997. The number of benzene rings is 2. The summed E-state index contributed by atoms with van der Waals surface area (Å²) in [6, 6.07) is 11.0. The second-order valence-corrected chi connectivity index (χ2v) is 5.72. The fourth-order valence-electron chi connectivity index (χ4n) is 2.44. The van der Waals surface area contributed by atoms with Crippen molar-refractivity contribution in [2.45, 2.75) is 13.8 Å². The van der Waals surface area contributed by atoms with Gasteiger partial charge in [-0.1, -0.05) is 18.2 Å². The molecule has 0 atom stereocenters. The molecule has 0 saturated heterocycles. The Morgan fingerprint density at radius 1 is 1.12 bits per heavy atom. The van der Waals surface area contributed by atoms with Gasteiger partial charge < -0.3 is 10.2 Å². The Morgan fingerprint density at radius 2 is 1.85 bits per heavy atom. The number of hydrogen-bond acceptors (Lipinski definition) is 5. The summed E-state index contributed by atoms with van der Waals surface area (Å²) in [6.07, 6.45) is 0. The van der Waals surface area contributed by atoms with Crippen molar-refractivity contribution in [3.63, 3.8) is 0 Å². The number of nitrogens with one attached hydrogen (secondary N) is 1. The van der Waals surface area contributed by atoms with E-state index in [0.717, 1.165) is 0 Å². The fraction of sp³-hybridized carbons (Fsp3) is 0.111. The van der Waals surface area contributed by atoms with E-state index in [1.807, 2.05) is 0 Å². The first kappa shape index (κ1) is 17.2. The maximum Gasteiger partial charge on any atom is 0.335 e. The predicted molar refractivity (Wildman–Crippen MR) is 95.1 cm³/mol. The van der Waals surface area contributed by atoms with Crippen molar-refractivity contribution >= 4 is 17.3 Å². The molecule has 2 aromatic carbocycles. The van der Waals surface area contributed by atoms with E-state index in [-0.39, 0.29) is 22.7 Å². The quantitative estimate of drug-likeness (QED) is 0.621. The van der Waals surface area contributed by atoms with Crippen molar-refractivity contribution in [3.8, 4) is 11.4 Å². The zero-order chi connectivity index (χ0) is 18.8. The highest BCUT2D eigenvalue weighted by atomic mass is 16.4. The summed E-state index contributed by atoms with van der Waals surface area (Å²) >= 11 is 0. The third kappa shape index (κ3) is 3.12. The predicted octanol–water partition coefficient (Wildman–Crippen LogP) is 3.60. The maximum atomic E-state index is 12.6. The normalized spacial score (nSPS) is 11.2. The summed E-state index contributed by atoms with van der Waals surface area (Å²) in [4.78, 5) is 23.7. The van der Waals surface area contributed by atoms with Crippen LogP contribution in [0.15, 0.2) is 57.5 Å². The largest absolute Gasteiger partial charge is 0.505 e. The van der Waals surface area contributed by atoms with Crippen LogP contribution < -0.4 is 5.56 Å². The first-order valence-electron chi connectivity index (χ1n) is 7.74. The van der Waals surface area contributed by atoms with E-state index in [0.29, 0.717) is 16.9 Å². The van der Waals surface area contributed by atoms with Crippen LogP contribution in [-0.2, 0) is 0 Å². The molecule has 0 unspecified atom stereocenters. The highest BCUT2D eigenvalue weighted by molar-refractivity contribution is 5.88. The van der Waals surface area contributed by atoms with Crippen LogP contribution in [0.1, 0.15) is 21.6 Å². The van der Waals surface area contributed by atoms with Gasteiger partial charge in [-0.25, -0.2) is 9.48 Å². The van der Waals surface area contributed by atoms with Crippen molar-refractivity contribution in [1.29, 1.82) is 0 Å². The standard InChI is InChI=1S/C18H16N4O4/c1-10-5-3-8-14(16(10)23)19-20-15-11(2)21-22(17(15)24)13-7-4-6-12(9-13)18(25)26/h3-9,21,23H,1-2H3,(H,25,26). The molecular weight excluding hydrogens is 336 g/mol. The molecule has 26 heavy (non-hydrogen) atoms. The SMILES string of the molecule is Cc1cccc(N=Nc2c(C)[nH]n(-c3cccc(C(=O)O)c3)c2=O)c1O.